The SMILES string of the molecule is CCC(=O)Cc1nc(Cl)cc(COC)n1. The van der Waals surface area contributed by atoms with Crippen molar-refractivity contribution in [2.24, 2.45) is 0 Å². The predicted molar refractivity (Wildman–Crippen MR) is 56.8 cm³/mol. The molecule has 0 aliphatic carbocycles. The van der Waals surface area contributed by atoms with Gasteiger partial charge in [-0.05, 0) is 6.07 Å². The molecule has 1 aromatic heterocycles. The number of Topliss-reactive ketones (excluding diaryl/α,β-unsaturated/α-hetero) is 1. The molecule has 0 fully saturated rings. The van der Waals surface area contributed by atoms with E-state index >= 15 is 0 Å². The van der Waals surface area contributed by atoms with Crippen molar-refractivity contribution in [2.45, 2.75) is 26.4 Å². The van der Waals surface area contributed by atoms with Gasteiger partial charge in [0.25, 0.3) is 0 Å². The monoisotopic (exact) mass is 228 g/mol. The van der Waals surface area contributed by atoms with E-state index in [1.165, 1.54) is 0 Å². The van der Waals surface area contributed by atoms with E-state index in [2.05, 4.69) is 9.97 Å². The van der Waals surface area contributed by atoms with Gasteiger partial charge in [-0.3, -0.25) is 4.79 Å². The van der Waals surface area contributed by atoms with Gasteiger partial charge in [-0.1, -0.05) is 18.5 Å². The summed E-state index contributed by atoms with van der Waals surface area (Å²) in [6, 6.07) is 1.63. The first-order valence-corrected chi connectivity index (χ1v) is 5.06. The molecule has 0 N–H and O–H groups in total. The van der Waals surface area contributed by atoms with Crippen LogP contribution in [0.25, 0.3) is 0 Å². The minimum absolute atomic E-state index is 0.0978. The molecule has 0 bridgehead atoms. The summed E-state index contributed by atoms with van der Waals surface area (Å²) in [6.07, 6.45) is 0.712. The molecule has 0 spiro atoms. The van der Waals surface area contributed by atoms with Crippen LogP contribution in [0.1, 0.15) is 24.9 Å². The quantitative estimate of drug-likeness (QED) is 0.722. The van der Waals surface area contributed by atoms with Gasteiger partial charge in [0.1, 0.15) is 16.8 Å². The third-order valence-electron chi connectivity index (χ3n) is 1.84. The molecule has 1 aromatic rings. The van der Waals surface area contributed by atoms with E-state index < -0.39 is 0 Å². The van der Waals surface area contributed by atoms with Gasteiger partial charge in [0, 0.05) is 13.5 Å². The van der Waals surface area contributed by atoms with Crippen LogP contribution >= 0.6 is 11.6 Å². The zero-order chi connectivity index (χ0) is 11.3. The van der Waals surface area contributed by atoms with Crippen LogP contribution in [0.15, 0.2) is 6.07 Å². The van der Waals surface area contributed by atoms with Crippen molar-refractivity contribution < 1.29 is 9.53 Å². The molecule has 1 heterocycles. The molecule has 0 saturated heterocycles. The Labute approximate surface area is 93.6 Å². The number of carbonyl (C=O) groups is 1. The number of hydrogen-bond acceptors (Lipinski definition) is 4. The highest BCUT2D eigenvalue weighted by atomic mass is 35.5. The lowest BCUT2D eigenvalue weighted by Crippen LogP contribution is -2.07. The molecule has 5 heteroatoms. The number of hydrogen-bond donors (Lipinski definition) is 0. The van der Waals surface area contributed by atoms with Gasteiger partial charge >= 0.3 is 0 Å². The zero-order valence-electron chi connectivity index (χ0n) is 8.79. The molecule has 0 radical (unpaired) electrons. The number of halogens is 1. The lowest BCUT2D eigenvalue weighted by atomic mass is 10.2. The molecule has 0 amide bonds. The first-order valence-electron chi connectivity index (χ1n) is 4.68. The molecule has 0 aliphatic rings. The van der Waals surface area contributed by atoms with E-state index in [0.29, 0.717) is 29.7 Å². The van der Waals surface area contributed by atoms with E-state index in [0.717, 1.165) is 0 Å². The molecule has 0 aromatic carbocycles. The summed E-state index contributed by atoms with van der Waals surface area (Å²) in [5.41, 5.74) is 0.691. The molecular formula is C10H13ClN2O2. The summed E-state index contributed by atoms with van der Waals surface area (Å²) >= 11 is 5.79. The van der Waals surface area contributed by atoms with Crippen molar-refractivity contribution >= 4 is 17.4 Å². The second-order valence-corrected chi connectivity index (χ2v) is 3.49. The maximum absolute atomic E-state index is 11.2. The fourth-order valence-electron chi connectivity index (χ4n) is 1.12. The molecule has 1 rings (SSSR count). The Morgan fingerprint density at radius 3 is 2.87 bits per heavy atom. The Bertz CT molecular complexity index is 355. The molecule has 0 unspecified atom stereocenters. The average Bonchev–Trinajstić information content (AvgIpc) is 2.17. The second-order valence-electron chi connectivity index (χ2n) is 3.10. The highest BCUT2D eigenvalue weighted by Gasteiger charge is 2.07. The van der Waals surface area contributed by atoms with Gasteiger partial charge < -0.3 is 4.74 Å². The number of ether oxygens (including phenoxy) is 1. The maximum Gasteiger partial charge on any atom is 0.140 e. The zero-order valence-corrected chi connectivity index (χ0v) is 9.54. The predicted octanol–water partition coefficient (Wildman–Crippen LogP) is 1.80. The van der Waals surface area contributed by atoms with Crippen LogP contribution in [0, 0.1) is 0 Å². The Kier molecular flexibility index (Phi) is 4.65. The number of ketones is 1. The Morgan fingerprint density at radius 2 is 2.27 bits per heavy atom. The van der Waals surface area contributed by atoms with Gasteiger partial charge in [0.15, 0.2) is 0 Å². The van der Waals surface area contributed by atoms with Crippen LogP contribution in [-0.4, -0.2) is 22.9 Å². The van der Waals surface area contributed by atoms with Crippen molar-refractivity contribution in [3.8, 4) is 0 Å². The standard InChI is InChI=1S/C10H13ClN2O2/c1-3-8(14)5-10-12-7(6-15-2)4-9(11)13-10/h4H,3,5-6H2,1-2H3. The minimum atomic E-state index is 0.0978. The van der Waals surface area contributed by atoms with Crippen molar-refractivity contribution in [3.63, 3.8) is 0 Å². The van der Waals surface area contributed by atoms with Crippen LogP contribution in [0.3, 0.4) is 0 Å². The highest BCUT2D eigenvalue weighted by Crippen LogP contribution is 2.09. The molecule has 82 valence electrons. The fourth-order valence-corrected chi connectivity index (χ4v) is 1.34. The molecule has 4 nitrogen and oxygen atoms in total. The lowest BCUT2D eigenvalue weighted by Gasteiger charge is -2.03. The van der Waals surface area contributed by atoms with Crippen LogP contribution in [0.4, 0.5) is 0 Å². The summed E-state index contributed by atoms with van der Waals surface area (Å²) in [7, 11) is 1.58. The Hall–Kier alpha value is -1.00. The molecule has 0 atom stereocenters. The maximum atomic E-state index is 11.2. The Balaban J connectivity index is 2.83. The van der Waals surface area contributed by atoms with Gasteiger partial charge in [0.05, 0.1) is 18.7 Å². The molecule has 15 heavy (non-hydrogen) atoms. The number of methoxy groups -OCH3 is 1. The van der Waals surface area contributed by atoms with Gasteiger partial charge in [-0.2, -0.15) is 0 Å². The first-order chi connectivity index (χ1) is 7.15. The normalized spacial score (nSPS) is 10.3. The van der Waals surface area contributed by atoms with Crippen molar-refractivity contribution in [3.05, 3.63) is 22.7 Å². The largest absolute Gasteiger partial charge is 0.378 e. The molecule has 0 aliphatic heterocycles. The lowest BCUT2D eigenvalue weighted by molar-refractivity contribution is -0.118. The van der Waals surface area contributed by atoms with E-state index in [1.54, 1.807) is 13.2 Å². The number of carbonyl (C=O) groups excluding carboxylic acids is 1. The second kappa shape index (κ2) is 5.78. The topological polar surface area (TPSA) is 52.1 Å². The smallest absolute Gasteiger partial charge is 0.140 e. The number of aromatic nitrogens is 2. The van der Waals surface area contributed by atoms with Gasteiger partial charge in [0.2, 0.25) is 0 Å². The summed E-state index contributed by atoms with van der Waals surface area (Å²) in [6.45, 7) is 2.18. The summed E-state index contributed by atoms with van der Waals surface area (Å²) < 4.78 is 4.94. The van der Waals surface area contributed by atoms with E-state index in [9.17, 15) is 4.79 Å². The Morgan fingerprint density at radius 1 is 1.53 bits per heavy atom. The van der Waals surface area contributed by atoms with Crippen LogP contribution in [0.5, 0.6) is 0 Å². The van der Waals surface area contributed by atoms with Crippen LogP contribution < -0.4 is 0 Å². The van der Waals surface area contributed by atoms with E-state index in [-0.39, 0.29) is 12.2 Å². The average molecular weight is 229 g/mol. The molecule has 0 saturated carbocycles. The van der Waals surface area contributed by atoms with E-state index in [1.807, 2.05) is 6.92 Å². The van der Waals surface area contributed by atoms with Crippen LogP contribution in [-0.2, 0) is 22.6 Å². The van der Waals surface area contributed by atoms with Crippen LogP contribution in [0.2, 0.25) is 5.15 Å². The van der Waals surface area contributed by atoms with Crippen molar-refractivity contribution in [1.82, 2.24) is 9.97 Å². The highest BCUT2D eigenvalue weighted by molar-refractivity contribution is 6.29. The van der Waals surface area contributed by atoms with Gasteiger partial charge in [-0.25, -0.2) is 9.97 Å². The minimum Gasteiger partial charge on any atom is -0.378 e. The third-order valence-corrected chi connectivity index (χ3v) is 2.03. The fraction of sp³-hybridized carbons (Fsp3) is 0.500. The van der Waals surface area contributed by atoms with Crippen molar-refractivity contribution in [2.75, 3.05) is 7.11 Å². The molecular weight excluding hydrogens is 216 g/mol. The summed E-state index contributed by atoms with van der Waals surface area (Å²) in [5, 5.41) is 0.343. The number of nitrogens with zero attached hydrogens (tertiary/aromatic N) is 2. The summed E-state index contributed by atoms with van der Waals surface area (Å²) in [4.78, 5) is 19.4. The van der Waals surface area contributed by atoms with E-state index in [4.69, 9.17) is 16.3 Å². The number of rotatable bonds is 5. The first kappa shape index (κ1) is 12.1. The van der Waals surface area contributed by atoms with Gasteiger partial charge in [-0.15, -0.1) is 0 Å². The van der Waals surface area contributed by atoms with Crippen molar-refractivity contribution in [1.29, 1.82) is 0 Å². The summed E-state index contributed by atoms with van der Waals surface area (Å²) in [5.74, 6) is 0.557. The third kappa shape index (κ3) is 3.93.